The molecule has 0 saturated carbocycles. The molecule has 1 aromatic heterocycles. The van der Waals surface area contributed by atoms with Gasteiger partial charge in [-0.25, -0.2) is 0 Å². The largest absolute Gasteiger partial charge is 0.491 e. The molecular weight excluding hydrogens is 280 g/mol. The van der Waals surface area contributed by atoms with Crippen LogP contribution in [0.5, 0.6) is 5.75 Å². The molecule has 0 unspecified atom stereocenters. The molecule has 2 aromatic rings. The second-order valence-corrected chi connectivity index (χ2v) is 6.07. The first-order chi connectivity index (χ1) is 10.4. The highest BCUT2D eigenvalue weighted by Gasteiger charge is 2.14. The summed E-state index contributed by atoms with van der Waals surface area (Å²) in [5, 5.41) is 7.91. The number of nitrogens with one attached hydrogen (secondary N) is 1. The number of anilines is 1. The fourth-order valence-electron chi connectivity index (χ4n) is 2.64. The lowest BCUT2D eigenvalue weighted by atomic mass is 10.2. The van der Waals surface area contributed by atoms with E-state index in [1.54, 1.807) is 11.3 Å². The Morgan fingerprint density at radius 2 is 2.14 bits per heavy atom. The first-order valence-electron chi connectivity index (χ1n) is 7.62. The number of nitrogens with zero attached hydrogens (tertiary/aromatic N) is 1. The van der Waals surface area contributed by atoms with Crippen LogP contribution >= 0.6 is 11.3 Å². The molecule has 0 atom stereocenters. The Bertz CT molecular complexity index is 541. The van der Waals surface area contributed by atoms with Crippen molar-refractivity contribution in [2.45, 2.75) is 12.8 Å². The topological polar surface area (TPSA) is 24.5 Å². The van der Waals surface area contributed by atoms with E-state index < -0.39 is 0 Å². The lowest BCUT2D eigenvalue weighted by molar-refractivity contribution is 0.322. The molecule has 0 fully saturated rings. The van der Waals surface area contributed by atoms with Gasteiger partial charge in [0.15, 0.2) is 0 Å². The zero-order valence-electron chi connectivity index (χ0n) is 12.3. The number of benzene rings is 1. The number of thiophene rings is 1. The van der Waals surface area contributed by atoms with Crippen molar-refractivity contribution in [3.05, 3.63) is 46.7 Å². The maximum atomic E-state index is 5.79. The number of fused-ring (bicyclic) bond motifs is 1. The zero-order valence-corrected chi connectivity index (χ0v) is 13.1. The van der Waals surface area contributed by atoms with Crippen LogP contribution in [0.15, 0.2) is 41.1 Å². The molecule has 1 aliphatic heterocycles. The number of rotatable bonds is 6. The van der Waals surface area contributed by atoms with Crippen LogP contribution in [0.1, 0.15) is 12.0 Å². The van der Waals surface area contributed by atoms with Crippen molar-refractivity contribution >= 4 is 17.0 Å². The average molecular weight is 302 g/mol. The molecule has 112 valence electrons. The van der Waals surface area contributed by atoms with Gasteiger partial charge >= 0.3 is 0 Å². The summed E-state index contributed by atoms with van der Waals surface area (Å²) in [6.07, 6.45) is 2.20. The maximum Gasteiger partial charge on any atom is 0.142 e. The van der Waals surface area contributed by atoms with Gasteiger partial charge in [0.1, 0.15) is 5.75 Å². The summed E-state index contributed by atoms with van der Waals surface area (Å²) in [6, 6.07) is 10.6. The second kappa shape index (κ2) is 7.48. The monoisotopic (exact) mass is 302 g/mol. The van der Waals surface area contributed by atoms with Gasteiger partial charge in [0.25, 0.3) is 0 Å². The van der Waals surface area contributed by atoms with E-state index in [2.05, 4.69) is 45.2 Å². The molecule has 0 aliphatic carbocycles. The number of ether oxygens (including phenoxy) is 1. The second-order valence-electron chi connectivity index (χ2n) is 5.29. The van der Waals surface area contributed by atoms with Crippen molar-refractivity contribution in [3.63, 3.8) is 0 Å². The van der Waals surface area contributed by atoms with Gasteiger partial charge in [-0.1, -0.05) is 12.1 Å². The van der Waals surface area contributed by atoms with Gasteiger partial charge in [-0.15, -0.1) is 0 Å². The SMILES string of the molecule is c1ccc2c(c1)OCCCN2CCNCCc1ccsc1. The first kappa shape index (κ1) is 14.4. The predicted octanol–water partition coefficient (Wildman–Crippen LogP) is 3.17. The van der Waals surface area contributed by atoms with E-state index >= 15 is 0 Å². The zero-order chi connectivity index (χ0) is 14.3. The third kappa shape index (κ3) is 3.99. The third-order valence-corrected chi connectivity index (χ3v) is 4.50. The molecule has 0 amide bonds. The van der Waals surface area contributed by atoms with E-state index in [4.69, 9.17) is 4.74 Å². The highest BCUT2D eigenvalue weighted by atomic mass is 32.1. The smallest absolute Gasteiger partial charge is 0.142 e. The van der Waals surface area contributed by atoms with Crippen molar-refractivity contribution in [2.75, 3.05) is 37.7 Å². The van der Waals surface area contributed by atoms with Gasteiger partial charge in [-0.3, -0.25) is 0 Å². The van der Waals surface area contributed by atoms with E-state index in [1.807, 2.05) is 6.07 Å². The van der Waals surface area contributed by atoms with Crippen molar-refractivity contribution < 1.29 is 4.74 Å². The fraction of sp³-hybridized carbons (Fsp3) is 0.412. The number of hydrogen-bond acceptors (Lipinski definition) is 4. The average Bonchev–Trinajstić information content (AvgIpc) is 2.94. The van der Waals surface area contributed by atoms with Gasteiger partial charge in [0, 0.05) is 19.6 Å². The van der Waals surface area contributed by atoms with E-state index in [-0.39, 0.29) is 0 Å². The van der Waals surface area contributed by atoms with Gasteiger partial charge < -0.3 is 15.0 Å². The first-order valence-corrected chi connectivity index (χ1v) is 8.56. The van der Waals surface area contributed by atoms with E-state index in [0.29, 0.717) is 0 Å². The van der Waals surface area contributed by atoms with Crippen LogP contribution in [-0.2, 0) is 6.42 Å². The molecular formula is C17H22N2OS. The normalized spacial score (nSPS) is 14.4. The quantitative estimate of drug-likeness (QED) is 0.830. The minimum atomic E-state index is 0.819. The Labute approximate surface area is 130 Å². The van der Waals surface area contributed by atoms with Crippen LogP contribution in [0.2, 0.25) is 0 Å². The molecule has 3 nitrogen and oxygen atoms in total. The highest BCUT2D eigenvalue weighted by Crippen LogP contribution is 2.29. The van der Waals surface area contributed by atoms with Gasteiger partial charge in [-0.05, 0) is 53.9 Å². The van der Waals surface area contributed by atoms with Crippen LogP contribution in [-0.4, -0.2) is 32.8 Å². The molecule has 4 heteroatoms. The maximum absolute atomic E-state index is 5.79. The summed E-state index contributed by atoms with van der Waals surface area (Å²) >= 11 is 1.77. The fourth-order valence-corrected chi connectivity index (χ4v) is 3.34. The molecule has 3 rings (SSSR count). The summed E-state index contributed by atoms with van der Waals surface area (Å²) in [4.78, 5) is 2.43. The van der Waals surface area contributed by atoms with Gasteiger partial charge in [0.05, 0.1) is 12.3 Å². The minimum Gasteiger partial charge on any atom is -0.491 e. The predicted molar refractivity (Wildman–Crippen MR) is 89.7 cm³/mol. The van der Waals surface area contributed by atoms with Crippen LogP contribution in [0.25, 0.3) is 0 Å². The van der Waals surface area contributed by atoms with E-state index in [1.165, 1.54) is 11.3 Å². The lowest BCUT2D eigenvalue weighted by Crippen LogP contribution is -2.33. The minimum absolute atomic E-state index is 0.819. The summed E-state index contributed by atoms with van der Waals surface area (Å²) in [5.74, 6) is 1.02. The molecule has 2 heterocycles. The lowest BCUT2D eigenvalue weighted by Gasteiger charge is -2.23. The van der Waals surface area contributed by atoms with E-state index in [9.17, 15) is 0 Å². The summed E-state index contributed by atoms with van der Waals surface area (Å²) in [5.41, 5.74) is 2.66. The van der Waals surface area contributed by atoms with Crippen molar-refractivity contribution in [3.8, 4) is 5.75 Å². The van der Waals surface area contributed by atoms with Crippen molar-refractivity contribution in [2.24, 2.45) is 0 Å². The van der Waals surface area contributed by atoms with Gasteiger partial charge in [0.2, 0.25) is 0 Å². The summed E-state index contributed by atoms with van der Waals surface area (Å²) in [6.45, 7) is 4.98. The highest BCUT2D eigenvalue weighted by molar-refractivity contribution is 7.07. The molecule has 0 spiro atoms. The standard InChI is InChI=1S/C17H22N2OS/c1-2-5-17-16(4-1)19(10-3-12-20-17)11-9-18-8-6-15-7-13-21-14-15/h1-2,4-5,7,13-14,18H,3,6,8-12H2. The Balaban J connectivity index is 1.46. The Kier molecular flexibility index (Phi) is 5.13. The molecule has 0 saturated heterocycles. The van der Waals surface area contributed by atoms with Crippen LogP contribution < -0.4 is 15.0 Å². The van der Waals surface area contributed by atoms with E-state index in [0.717, 1.165) is 51.4 Å². The Morgan fingerprint density at radius 1 is 1.19 bits per heavy atom. The summed E-state index contributed by atoms with van der Waals surface area (Å²) in [7, 11) is 0. The molecule has 0 radical (unpaired) electrons. The molecule has 1 aromatic carbocycles. The molecule has 1 aliphatic rings. The summed E-state index contributed by atoms with van der Waals surface area (Å²) < 4.78 is 5.79. The third-order valence-electron chi connectivity index (χ3n) is 3.76. The number of para-hydroxylation sites is 2. The van der Waals surface area contributed by atoms with Gasteiger partial charge in [-0.2, -0.15) is 11.3 Å². The van der Waals surface area contributed by atoms with Crippen LogP contribution in [0.4, 0.5) is 5.69 Å². The Hall–Kier alpha value is -1.52. The Morgan fingerprint density at radius 3 is 3.05 bits per heavy atom. The van der Waals surface area contributed by atoms with Crippen molar-refractivity contribution in [1.29, 1.82) is 0 Å². The van der Waals surface area contributed by atoms with Crippen LogP contribution in [0.3, 0.4) is 0 Å². The van der Waals surface area contributed by atoms with Crippen molar-refractivity contribution in [1.82, 2.24) is 5.32 Å². The molecule has 21 heavy (non-hydrogen) atoms. The number of hydrogen-bond donors (Lipinski definition) is 1. The molecule has 0 bridgehead atoms. The molecule has 1 N–H and O–H groups in total. The van der Waals surface area contributed by atoms with Crippen LogP contribution in [0, 0.1) is 0 Å².